The second kappa shape index (κ2) is 4.31. The third-order valence-corrected chi connectivity index (χ3v) is 2.87. The van der Waals surface area contributed by atoms with Crippen molar-refractivity contribution in [2.75, 3.05) is 0 Å². The van der Waals surface area contributed by atoms with Crippen LogP contribution in [-0.2, 0) is 0 Å². The molecule has 0 fully saturated rings. The number of nitrogens with zero attached hydrogens (tertiary/aromatic N) is 2. The van der Waals surface area contributed by atoms with E-state index in [0.29, 0.717) is 5.56 Å². The minimum Gasteiger partial charge on any atom is -0.255 e. The summed E-state index contributed by atoms with van der Waals surface area (Å²) < 4.78 is 0. The first-order chi connectivity index (χ1) is 8.86. The number of fused-ring (bicyclic) bond motifs is 1. The summed E-state index contributed by atoms with van der Waals surface area (Å²) in [5.74, 6) is 0. The molecular weight excluding hydrogens is 220 g/mol. The summed E-state index contributed by atoms with van der Waals surface area (Å²) in [4.78, 5) is 4.30. The van der Waals surface area contributed by atoms with Crippen LogP contribution in [0, 0.1) is 17.4 Å². The molecule has 0 spiro atoms. The number of nitriles is 1. The fourth-order valence-corrected chi connectivity index (χ4v) is 1.92. The van der Waals surface area contributed by atoms with Gasteiger partial charge in [-0.2, -0.15) is 5.26 Å². The lowest BCUT2D eigenvalue weighted by molar-refractivity contribution is 1.30. The molecule has 0 atom stereocenters. The van der Waals surface area contributed by atoms with Crippen LogP contribution in [0.25, 0.3) is 22.0 Å². The van der Waals surface area contributed by atoms with E-state index in [1.165, 1.54) is 0 Å². The van der Waals surface area contributed by atoms with Crippen molar-refractivity contribution in [3.05, 3.63) is 66.4 Å². The van der Waals surface area contributed by atoms with E-state index in [4.69, 9.17) is 5.26 Å². The van der Waals surface area contributed by atoms with E-state index in [1.54, 1.807) is 12.3 Å². The predicted molar refractivity (Wildman–Crippen MR) is 70.7 cm³/mol. The zero-order valence-electron chi connectivity index (χ0n) is 9.59. The maximum absolute atomic E-state index is 8.75. The molecule has 0 amide bonds. The second-order valence-corrected chi connectivity index (χ2v) is 4.03. The van der Waals surface area contributed by atoms with Crippen molar-refractivity contribution in [1.29, 1.82) is 5.26 Å². The SMILES string of the molecule is N#Cc1ccc(-c2ccc3c[c]ccc3c2)nc1. The molecule has 3 aromatic rings. The Kier molecular flexibility index (Phi) is 2.51. The normalized spacial score (nSPS) is 10.2. The van der Waals surface area contributed by atoms with Crippen LogP contribution in [0.2, 0.25) is 0 Å². The van der Waals surface area contributed by atoms with Gasteiger partial charge in [-0.25, -0.2) is 0 Å². The molecule has 0 aliphatic rings. The smallest absolute Gasteiger partial charge is 0.101 e. The second-order valence-electron chi connectivity index (χ2n) is 4.03. The zero-order chi connectivity index (χ0) is 12.4. The number of rotatable bonds is 1. The van der Waals surface area contributed by atoms with Crippen molar-refractivity contribution in [2.24, 2.45) is 0 Å². The summed E-state index contributed by atoms with van der Waals surface area (Å²) in [6.07, 6.45) is 1.60. The topological polar surface area (TPSA) is 36.7 Å². The molecule has 18 heavy (non-hydrogen) atoms. The van der Waals surface area contributed by atoms with Crippen LogP contribution in [0.15, 0.2) is 54.7 Å². The molecule has 1 heterocycles. The lowest BCUT2D eigenvalue weighted by atomic mass is 10.0. The van der Waals surface area contributed by atoms with Gasteiger partial charge in [-0.3, -0.25) is 4.98 Å². The molecule has 1 radical (unpaired) electrons. The molecule has 2 heteroatoms. The van der Waals surface area contributed by atoms with Crippen LogP contribution in [-0.4, -0.2) is 4.98 Å². The maximum atomic E-state index is 8.75. The Labute approximate surface area is 105 Å². The Hall–Kier alpha value is -2.66. The molecule has 0 aliphatic carbocycles. The van der Waals surface area contributed by atoms with Gasteiger partial charge in [-0.05, 0) is 41.1 Å². The molecule has 0 saturated heterocycles. The van der Waals surface area contributed by atoms with Crippen molar-refractivity contribution < 1.29 is 0 Å². The molecule has 1 aromatic heterocycles. The van der Waals surface area contributed by atoms with Gasteiger partial charge in [0.15, 0.2) is 0 Å². The van der Waals surface area contributed by atoms with E-state index in [-0.39, 0.29) is 0 Å². The summed E-state index contributed by atoms with van der Waals surface area (Å²) in [7, 11) is 0. The van der Waals surface area contributed by atoms with Gasteiger partial charge in [0.2, 0.25) is 0 Å². The van der Waals surface area contributed by atoms with E-state index >= 15 is 0 Å². The minimum absolute atomic E-state index is 0.578. The monoisotopic (exact) mass is 229 g/mol. The van der Waals surface area contributed by atoms with E-state index in [9.17, 15) is 0 Å². The quantitative estimate of drug-likeness (QED) is 0.639. The fraction of sp³-hybridized carbons (Fsp3) is 0. The number of aromatic nitrogens is 1. The summed E-state index contributed by atoms with van der Waals surface area (Å²) >= 11 is 0. The van der Waals surface area contributed by atoms with Crippen LogP contribution in [0.4, 0.5) is 0 Å². The van der Waals surface area contributed by atoms with Gasteiger partial charge in [0.25, 0.3) is 0 Å². The number of pyridine rings is 1. The van der Waals surface area contributed by atoms with Crippen LogP contribution < -0.4 is 0 Å². The maximum Gasteiger partial charge on any atom is 0.101 e. The summed E-state index contributed by atoms with van der Waals surface area (Å²) in [6.45, 7) is 0. The highest BCUT2D eigenvalue weighted by molar-refractivity contribution is 5.86. The van der Waals surface area contributed by atoms with Gasteiger partial charge < -0.3 is 0 Å². The van der Waals surface area contributed by atoms with E-state index in [1.807, 2.05) is 30.3 Å². The molecule has 0 bridgehead atoms. The standard InChI is InChI=1S/C16H9N2/c17-10-12-5-8-16(18-11-12)15-7-6-13-3-1-2-4-14(13)9-15/h2-9,11H. The van der Waals surface area contributed by atoms with E-state index in [2.05, 4.69) is 29.3 Å². The molecule has 0 saturated carbocycles. The molecule has 0 aliphatic heterocycles. The van der Waals surface area contributed by atoms with Crippen LogP contribution in [0.5, 0.6) is 0 Å². The first kappa shape index (κ1) is 10.5. The predicted octanol–water partition coefficient (Wildman–Crippen LogP) is 3.57. The lowest BCUT2D eigenvalue weighted by Gasteiger charge is -2.03. The third kappa shape index (κ3) is 1.83. The van der Waals surface area contributed by atoms with Crippen molar-refractivity contribution >= 4 is 10.8 Å². The van der Waals surface area contributed by atoms with Crippen molar-refractivity contribution in [1.82, 2.24) is 4.98 Å². The Morgan fingerprint density at radius 3 is 2.78 bits per heavy atom. The summed E-state index contributed by atoms with van der Waals surface area (Å²) in [5, 5.41) is 11.1. The first-order valence-corrected chi connectivity index (χ1v) is 5.63. The minimum atomic E-state index is 0.578. The Balaban J connectivity index is 2.10. The number of hydrogen-bond acceptors (Lipinski definition) is 2. The highest BCUT2D eigenvalue weighted by Gasteiger charge is 2.01. The molecule has 0 unspecified atom stereocenters. The molecule has 2 nitrogen and oxygen atoms in total. The van der Waals surface area contributed by atoms with Gasteiger partial charge in [0.05, 0.1) is 11.3 Å². The number of hydrogen-bond donors (Lipinski definition) is 0. The van der Waals surface area contributed by atoms with Gasteiger partial charge >= 0.3 is 0 Å². The van der Waals surface area contributed by atoms with Crippen molar-refractivity contribution in [3.8, 4) is 17.3 Å². The average molecular weight is 229 g/mol. The molecular formula is C16H9N2. The summed E-state index contributed by atoms with van der Waals surface area (Å²) in [6, 6.07) is 20.9. The molecule has 3 rings (SSSR count). The van der Waals surface area contributed by atoms with Crippen LogP contribution in [0.1, 0.15) is 5.56 Å². The van der Waals surface area contributed by atoms with Gasteiger partial charge in [-0.15, -0.1) is 0 Å². The third-order valence-electron chi connectivity index (χ3n) is 2.87. The fourth-order valence-electron chi connectivity index (χ4n) is 1.92. The zero-order valence-corrected chi connectivity index (χ0v) is 9.59. The average Bonchev–Trinajstić information content (AvgIpc) is 2.47. The highest BCUT2D eigenvalue weighted by Crippen LogP contribution is 2.22. The Morgan fingerprint density at radius 1 is 1.06 bits per heavy atom. The molecule has 83 valence electrons. The Morgan fingerprint density at radius 2 is 2.00 bits per heavy atom. The summed E-state index contributed by atoms with van der Waals surface area (Å²) in [5.41, 5.74) is 2.51. The van der Waals surface area contributed by atoms with Gasteiger partial charge in [-0.1, -0.05) is 24.3 Å². The molecule has 2 aromatic carbocycles. The first-order valence-electron chi connectivity index (χ1n) is 5.63. The van der Waals surface area contributed by atoms with E-state index < -0.39 is 0 Å². The van der Waals surface area contributed by atoms with Gasteiger partial charge in [0.1, 0.15) is 6.07 Å². The van der Waals surface area contributed by atoms with Crippen molar-refractivity contribution in [2.45, 2.75) is 0 Å². The molecule has 0 N–H and O–H groups in total. The Bertz CT molecular complexity index is 737. The van der Waals surface area contributed by atoms with Gasteiger partial charge in [0, 0.05) is 11.8 Å². The lowest BCUT2D eigenvalue weighted by Crippen LogP contribution is -1.84. The van der Waals surface area contributed by atoms with E-state index in [0.717, 1.165) is 22.0 Å². The largest absolute Gasteiger partial charge is 0.255 e. The van der Waals surface area contributed by atoms with Crippen LogP contribution >= 0.6 is 0 Å². The van der Waals surface area contributed by atoms with Crippen molar-refractivity contribution in [3.63, 3.8) is 0 Å². The number of benzene rings is 2. The van der Waals surface area contributed by atoms with Crippen LogP contribution in [0.3, 0.4) is 0 Å². The highest BCUT2D eigenvalue weighted by atomic mass is 14.7.